The molecule has 0 heterocycles. The Morgan fingerprint density at radius 1 is 1.50 bits per heavy atom. The molecule has 0 amide bonds. The highest BCUT2D eigenvalue weighted by Crippen LogP contribution is 2.22. The van der Waals surface area contributed by atoms with E-state index in [9.17, 15) is 4.39 Å². The fourth-order valence-corrected chi connectivity index (χ4v) is 1.03. The number of benzene rings is 1. The van der Waals surface area contributed by atoms with E-state index in [0.29, 0.717) is 11.3 Å². The van der Waals surface area contributed by atoms with Crippen molar-refractivity contribution in [1.82, 2.24) is 0 Å². The highest BCUT2D eigenvalue weighted by atomic mass is 19.1. The van der Waals surface area contributed by atoms with Gasteiger partial charge >= 0.3 is 0 Å². The fraction of sp³-hybridized carbons (Fsp3) is 0.300. The molecule has 65 valence electrons. The molecule has 0 saturated carbocycles. The summed E-state index contributed by atoms with van der Waals surface area (Å²) in [4.78, 5) is 0. The molecule has 0 aliphatic carbocycles. The first-order valence-electron chi connectivity index (χ1n) is 3.81. The lowest BCUT2D eigenvalue weighted by atomic mass is 10.0. The summed E-state index contributed by atoms with van der Waals surface area (Å²) in [5.74, 6) is 0.389. The van der Waals surface area contributed by atoms with Crippen molar-refractivity contribution in [3.8, 4) is 5.75 Å². The van der Waals surface area contributed by atoms with Crippen molar-refractivity contribution in [3.63, 3.8) is 0 Å². The second-order valence-electron chi connectivity index (χ2n) is 2.79. The summed E-state index contributed by atoms with van der Waals surface area (Å²) >= 11 is 0. The van der Waals surface area contributed by atoms with Gasteiger partial charge in [0.25, 0.3) is 0 Å². The summed E-state index contributed by atoms with van der Waals surface area (Å²) in [5, 5.41) is 0. The van der Waals surface area contributed by atoms with Gasteiger partial charge in [0, 0.05) is 0 Å². The molecular weight excluding hydrogens is 155 g/mol. The Hall–Kier alpha value is -1.05. The van der Waals surface area contributed by atoms with Crippen LogP contribution in [0.4, 0.5) is 4.39 Å². The lowest BCUT2D eigenvalue weighted by Gasteiger charge is -2.08. The number of hydrogen-bond acceptors (Lipinski definition) is 1. The predicted octanol–water partition coefficient (Wildman–Crippen LogP) is 2.77. The molecule has 1 nitrogen and oxygen atoms in total. The highest BCUT2D eigenvalue weighted by Gasteiger charge is 2.06. The average molecular weight is 167 g/mol. The van der Waals surface area contributed by atoms with Crippen LogP contribution >= 0.6 is 0 Å². The molecule has 1 rings (SSSR count). The maximum Gasteiger partial charge on any atom is 0.126 e. The third-order valence-electron chi connectivity index (χ3n) is 1.73. The van der Waals surface area contributed by atoms with Crippen molar-refractivity contribution < 1.29 is 9.13 Å². The summed E-state index contributed by atoms with van der Waals surface area (Å²) < 4.78 is 18.0. The molecule has 1 atom stereocenters. The van der Waals surface area contributed by atoms with Crippen LogP contribution in [0.5, 0.6) is 5.75 Å². The number of methoxy groups -OCH3 is 1. The van der Waals surface area contributed by atoms with Gasteiger partial charge in [-0.3, -0.25) is 0 Å². The second kappa shape index (κ2) is 3.57. The number of halogens is 1. The summed E-state index contributed by atoms with van der Waals surface area (Å²) in [6.45, 7) is 5.59. The van der Waals surface area contributed by atoms with E-state index < -0.39 is 0 Å². The zero-order valence-corrected chi connectivity index (χ0v) is 7.30. The third kappa shape index (κ3) is 1.76. The van der Waals surface area contributed by atoms with Gasteiger partial charge in [0.15, 0.2) is 0 Å². The molecule has 1 unspecified atom stereocenters. The van der Waals surface area contributed by atoms with E-state index >= 15 is 0 Å². The molecule has 0 bridgehead atoms. The molecular formula is C10H12FO. The molecule has 1 radical (unpaired) electrons. The minimum absolute atomic E-state index is 0.0555. The van der Waals surface area contributed by atoms with Crippen molar-refractivity contribution in [1.29, 1.82) is 0 Å². The first-order chi connectivity index (χ1) is 5.65. The molecule has 1 aromatic rings. The Balaban J connectivity index is 3.08. The van der Waals surface area contributed by atoms with Gasteiger partial charge in [0.2, 0.25) is 0 Å². The van der Waals surface area contributed by atoms with Crippen LogP contribution in [0.25, 0.3) is 0 Å². The maximum absolute atomic E-state index is 13.1. The van der Waals surface area contributed by atoms with Gasteiger partial charge in [-0.25, -0.2) is 4.39 Å². The average Bonchev–Trinajstić information content (AvgIpc) is 2.05. The predicted molar refractivity (Wildman–Crippen MR) is 46.7 cm³/mol. The second-order valence-corrected chi connectivity index (χ2v) is 2.79. The van der Waals surface area contributed by atoms with Crippen LogP contribution in [0.3, 0.4) is 0 Å². The van der Waals surface area contributed by atoms with Gasteiger partial charge in [-0.15, -0.1) is 0 Å². The van der Waals surface area contributed by atoms with E-state index in [1.54, 1.807) is 19.2 Å². The molecule has 0 aliphatic heterocycles. The zero-order chi connectivity index (χ0) is 9.14. The highest BCUT2D eigenvalue weighted by molar-refractivity contribution is 5.32. The van der Waals surface area contributed by atoms with E-state index in [2.05, 4.69) is 6.92 Å². The number of ether oxygens (including phenoxy) is 1. The van der Waals surface area contributed by atoms with E-state index in [0.717, 1.165) is 0 Å². The minimum Gasteiger partial charge on any atom is -0.497 e. The fourth-order valence-electron chi connectivity index (χ4n) is 1.03. The number of hydrogen-bond donors (Lipinski definition) is 0. The molecule has 0 spiro atoms. The topological polar surface area (TPSA) is 9.23 Å². The SMILES string of the molecule is [CH2]C(C)c1cc(OC)ccc1F. The first-order valence-corrected chi connectivity index (χ1v) is 3.81. The van der Waals surface area contributed by atoms with Crippen molar-refractivity contribution >= 4 is 0 Å². The first kappa shape index (κ1) is 9.04. The molecule has 0 fully saturated rings. The van der Waals surface area contributed by atoms with Crippen LogP contribution in [0, 0.1) is 12.7 Å². The van der Waals surface area contributed by atoms with Crippen LogP contribution in [-0.4, -0.2) is 7.11 Å². The maximum atomic E-state index is 13.1. The van der Waals surface area contributed by atoms with Crippen LogP contribution in [0.2, 0.25) is 0 Å². The lowest BCUT2D eigenvalue weighted by Crippen LogP contribution is -1.94. The van der Waals surface area contributed by atoms with Gasteiger partial charge in [-0.2, -0.15) is 0 Å². The van der Waals surface area contributed by atoms with Crippen molar-refractivity contribution in [2.45, 2.75) is 12.8 Å². The Morgan fingerprint density at radius 2 is 2.17 bits per heavy atom. The molecule has 0 aliphatic rings. The summed E-state index contributed by atoms with van der Waals surface area (Å²) in [7, 11) is 1.56. The van der Waals surface area contributed by atoms with E-state index in [-0.39, 0.29) is 11.7 Å². The van der Waals surface area contributed by atoms with E-state index in [1.807, 2.05) is 6.92 Å². The summed E-state index contributed by atoms with van der Waals surface area (Å²) in [6.07, 6.45) is 0. The molecule has 2 heteroatoms. The molecule has 1 aromatic carbocycles. The summed E-state index contributed by atoms with van der Waals surface area (Å²) in [5.41, 5.74) is 0.592. The normalized spacial score (nSPS) is 10.4. The van der Waals surface area contributed by atoms with E-state index in [4.69, 9.17) is 4.74 Å². The Bertz CT molecular complexity index is 269. The Kier molecular flexibility index (Phi) is 2.69. The van der Waals surface area contributed by atoms with Crippen LogP contribution in [0.15, 0.2) is 18.2 Å². The summed E-state index contributed by atoms with van der Waals surface area (Å²) in [6, 6.07) is 4.67. The van der Waals surface area contributed by atoms with Gasteiger partial charge in [-0.1, -0.05) is 6.92 Å². The molecule has 0 saturated heterocycles. The van der Waals surface area contributed by atoms with Crippen molar-refractivity contribution in [2.75, 3.05) is 7.11 Å². The molecule has 12 heavy (non-hydrogen) atoms. The van der Waals surface area contributed by atoms with Gasteiger partial charge in [0.05, 0.1) is 7.11 Å². The van der Waals surface area contributed by atoms with Gasteiger partial charge in [-0.05, 0) is 36.6 Å². The van der Waals surface area contributed by atoms with E-state index in [1.165, 1.54) is 6.07 Å². The van der Waals surface area contributed by atoms with Crippen LogP contribution in [0.1, 0.15) is 18.4 Å². The third-order valence-corrected chi connectivity index (χ3v) is 1.73. The Labute approximate surface area is 72.2 Å². The van der Waals surface area contributed by atoms with Gasteiger partial charge in [0.1, 0.15) is 11.6 Å². The van der Waals surface area contributed by atoms with Gasteiger partial charge < -0.3 is 4.74 Å². The minimum atomic E-state index is -0.224. The number of rotatable bonds is 2. The molecule has 0 aromatic heterocycles. The van der Waals surface area contributed by atoms with Crippen molar-refractivity contribution in [2.24, 2.45) is 0 Å². The monoisotopic (exact) mass is 167 g/mol. The quantitative estimate of drug-likeness (QED) is 0.658. The van der Waals surface area contributed by atoms with Crippen LogP contribution < -0.4 is 4.74 Å². The lowest BCUT2D eigenvalue weighted by molar-refractivity contribution is 0.412. The van der Waals surface area contributed by atoms with Crippen molar-refractivity contribution in [3.05, 3.63) is 36.5 Å². The Morgan fingerprint density at radius 3 is 2.67 bits per heavy atom. The van der Waals surface area contributed by atoms with Crippen LogP contribution in [-0.2, 0) is 0 Å². The smallest absolute Gasteiger partial charge is 0.126 e. The largest absolute Gasteiger partial charge is 0.497 e. The molecule has 0 N–H and O–H groups in total. The zero-order valence-electron chi connectivity index (χ0n) is 7.30. The standard InChI is InChI=1S/C10H12FO/c1-7(2)9-6-8(12-3)4-5-10(9)11/h4-7H,1H2,2-3H3.